The molecule has 0 saturated heterocycles. The zero-order chi connectivity index (χ0) is 13.4. The lowest BCUT2D eigenvalue weighted by molar-refractivity contribution is -0.118. The second kappa shape index (κ2) is 8.03. The summed E-state index contributed by atoms with van der Waals surface area (Å²) < 4.78 is 5.08. The summed E-state index contributed by atoms with van der Waals surface area (Å²) in [6.07, 6.45) is 1.03. The van der Waals surface area contributed by atoms with Crippen molar-refractivity contribution in [3.63, 3.8) is 0 Å². The molecule has 4 heteroatoms. The number of rotatable bonds is 7. The molecule has 1 amide bonds. The van der Waals surface area contributed by atoms with Gasteiger partial charge >= 0.3 is 0 Å². The van der Waals surface area contributed by atoms with Gasteiger partial charge in [0.25, 0.3) is 0 Å². The molecule has 0 aliphatic rings. The van der Waals surface area contributed by atoms with Gasteiger partial charge in [-0.15, -0.1) is 11.8 Å². The molecule has 0 aliphatic carbocycles. The summed E-state index contributed by atoms with van der Waals surface area (Å²) in [7, 11) is 1.64. The second-order valence-corrected chi connectivity index (χ2v) is 5.55. The van der Waals surface area contributed by atoms with E-state index < -0.39 is 0 Å². The van der Waals surface area contributed by atoms with E-state index in [1.807, 2.05) is 24.3 Å². The maximum Gasteiger partial charge on any atom is 0.230 e. The fourth-order valence-corrected chi connectivity index (χ4v) is 2.10. The van der Waals surface area contributed by atoms with Crippen LogP contribution >= 0.6 is 11.8 Å². The highest BCUT2D eigenvalue weighted by Gasteiger charge is 2.03. The van der Waals surface area contributed by atoms with Crippen molar-refractivity contribution >= 4 is 17.7 Å². The summed E-state index contributed by atoms with van der Waals surface area (Å²) in [6.45, 7) is 5.07. The molecule has 0 heterocycles. The normalized spacial score (nSPS) is 10.4. The molecule has 0 radical (unpaired) electrons. The molecular formula is C14H21NO2S. The molecule has 18 heavy (non-hydrogen) atoms. The quantitative estimate of drug-likeness (QED) is 0.772. The molecule has 3 nitrogen and oxygen atoms in total. The molecule has 1 rings (SSSR count). The van der Waals surface area contributed by atoms with Crippen molar-refractivity contribution in [1.29, 1.82) is 0 Å². The number of benzene rings is 1. The summed E-state index contributed by atoms with van der Waals surface area (Å²) in [5.74, 6) is 2.02. The highest BCUT2D eigenvalue weighted by molar-refractivity contribution is 8.00. The van der Waals surface area contributed by atoms with Gasteiger partial charge in [0.15, 0.2) is 0 Å². The Morgan fingerprint density at radius 3 is 2.56 bits per heavy atom. The number of methoxy groups -OCH3 is 1. The van der Waals surface area contributed by atoms with Gasteiger partial charge in [0.2, 0.25) is 5.91 Å². The van der Waals surface area contributed by atoms with E-state index in [0.29, 0.717) is 11.7 Å². The summed E-state index contributed by atoms with van der Waals surface area (Å²) in [5, 5.41) is 2.92. The first-order chi connectivity index (χ1) is 8.61. The topological polar surface area (TPSA) is 38.3 Å². The van der Waals surface area contributed by atoms with Crippen LogP contribution < -0.4 is 10.1 Å². The van der Waals surface area contributed by atoms with Crippen LogP contribution in [0.4, 0.5) is 0 Å². The number of nitrogens with one attached hydrogen (secondary N) is 1. The van der Waals surface area contributed by atoms with Crippen LogP contribution in [-0.2, 0) is 4.79 Å². The molecule has 0 atom stereocenters. The lowest BCUT2D eigenvalue weighted by atomic mass is 10.1. The average molecular weight is 267 g/mol. The maximum atomic E-state index is 11.6. The Morgan fingerprint density at radius 2 is 2.00 bits per heavy atom. The molecule has 0 bridgehead atoms. The van der Waals surface area contributed by atoms with Gasteiger partial charge in [-0.3, -0.25) is 4.79 Å². The molecule has 1 aromatic rings. The van der Waals surface area contributed by atoms with Gasteiger partial charge in [-0.2, -0.15) is 0 Å². The fraction of sp³-hybridized carbons (Fsp3) is 0.500. The van der Waals surface area contributed by atoms with E-state index in [0.717, 1.165) is 23.6 Å². The molecular weight excluding hydrogens is 246 g/mol. The zero-order valence-corrected chi connectivity index (χ0v) is 12.0. The van der Waals surface area contributed by atoms with Gasteiger partial charge in [0, 0.05) is 11.4 Å². The minimum Gasteiger partial charge on any atom is -0.497 e. The molecule has 0 fully saturated rings. The molecule has 100 valence electrons. The molecule has 1 N–H and O–H groups in total. The molecule has 0 spiro atoms. The van der Waals surface area contributed by atoms with E-state index in [2.05, 4.69) is 19.2 Å². The fourth-order valence-electron chi connectivity index (χ4n) is 1.37. The molecule has 0 aliphatic heterocycles. The number of hydrogen-bond acceptors (Lipinski definition) is 3. The largest absolute Gasteiger partial charge is 0.497 e. The third-order valence-corrected chi connectivity index (χ3v) is 3.49. The van der Waals surface area contributed by atoms with Crippen molar-refractivity contribution in [2.75, 3.05) is 19.4 Å². The van der Waals surface area contributed by atoms with Gasteiger partial charge in [-0.1, -0.05) is 13.8 Å². The van der Waals surface area contributed by atoms with Crippen molar-refractivity contribution in [3.8, 4) is 5.75 Å². The van der Waals surface area contributed by atoms with Gasteiger partial charge in [0.1, 0.15) is 5.75 Å². The van der Waals surface area contributed by atoms with Gasteiger partial charge in [-0.05, 0) is 36.6 Å². The molecule has 0 unspecified atom stereocenters. The molecule has 0 aromatic heterocycles. The molecule has 0 saturated carbocycles. The van der Waals surface area contributed by atoms with Crippen LogP contribution in [0, 0.1) is 5.92 Å². The predicted molar refractivity (Wildman–Crippen MR) is 76.2 cm³/mol. The van der Waals surface area contributed by atoms with Crippen LogP contribution in [0.1, 0.15) is 20.3 Å². The Morgan fingerprint density at radius 1 is 1.33 bits per heavy atom. The Kier molecular flexibility index (Phi) is 6.65. The number of amides is 1. The Hall–Kier alpha value is -1.16. The molecule has 1 aromatic carbocycles. The van der Waals surface area contributed by atoms with E-state index in [1.165, 1.54) is 11.8 Å². The number of carbonyl (C=O) groups excluding carboxylic acids is 1. The van der Waals surface area contributed by atoms with Crippen LogP contribution in [0.5, 0.6) is 5.75 Å². The third-order valence-electron chi connectivity index (χ3n) is 2.47. The third kappa shape index (κ3) is 5.96. The first kappa shape index (κ1) is 14.9. The van der Waals surface area contributed by atoms with Crippen molar-refractivity contribution in [1.82, 2.24) is 5.32 Å². The first-order valence-electron chi connectivity index (χ1n) is 6.15. The number of thioether (sulfide) groups is 1. The highest BCUT2D eigenvalue weighted by Crippen LogP contribution is 2.20. The van der Waals surface area contributed by atoms with Crippen LogP contribution in [-0.4, -0.2) is 25.3 Å². The average Bonchev–Trinajstić information content (AvgIpc) is 2.36. The zero-order valence-electron chi connectivity index (χ0n) is 11.2. The number of carbonyl (C=O) groups is 1. The van der Waals surface area contributed by atoms with Gasteiger partial charge in [0.05, 0.1) is 12.9 Å². The van der Waals surface area contributed by atoms with E-state index in [4.69, 9.17) is 4.74 Å². The first-order valence-corrected chi connectivity index (χ1v) is 7.14. The van der Waals surface area contributed by atoms with Crippen molar-refractivity contribution in [2.24, 2.45) is 5.92 Å². The summed E-state index contributed by atoms with van der Waals surface area (Å²) in [5.41, 5.74) is 0. The number of hydrogen-bond donors (Lipinski definition) is 1. The van der Waals surface area contributed by atoms with E-state index in [-0.39, 0.29) is 5.91 Å². The van der Waals surface area contributed by atoms with Gasteiger partial charge < -0.3 is 10.1 Å². The highest BCUT2D eigenvalue weighted by atomic mass is 32.2. The van der Waals surface area contributed by atoms with E-state index in [1.54, 1.807) is 7.11 Å². The standard InChI is InChI=1S/C14H21NO2S/c1-11(2)8-9-15-14(16)10-18-13-6-4-12(17-3)5-7-13/h4-7,11H,8-10H2,1-3H3,(H,15,16). The monoisotopic (exact) mass is 267 g/mol. The van der Waals surface area contributed by atoms with Crippen molar-refractivity contribution in [2.45, 2.75) is 25.2 Å². The predicted octanol–water partition coefficient (Wildman–Crippen LogP) is 2.95. The second-order valence-electron chi connectivity index (χ2n) is 4.50. The smallest absolute Gasteiger partial charge is 0.230 e. The Balaban J connectivity index is 2.24. The summed E-state index contributed by atoms with van der Waals surface area (Å²) >= 11 is 1.54. The summed E-state index contributed by atoms with van der Waals surface area (Å²) in [6, 6.07) is 7.73. The Bertz CT molecular complexity index is 363. The SMILES string of the molecule is COc1ccc(SCC(=O)NCCC(C)C)cc1. The lowest BCUT2D eigenvalue weighted by Gasteiger charge is -2.07. The van der Waals surface area contributed by atoms with Crippen LogP contribution in [0.2, 0.25) is 0 Å². The number of ether oxygens (including phenoxy) is 1. The van der Waals surface area contributed by atoms with Crippen LogP contribution in [0.3, 0.4) is 0 Å². The van der Waals surface area contributed by atoms with Crippen molar-refractivity contribution in [3.05, 3.63) is 24.3 Å². The van der Waals surface area contributed by atoms with Crippen molar-refractivity contribution < 1.29 is 9.53 Å². The lowest BCUT2D eigenvalue weighted by Crippen LogP contribution is -2.26. The maximum absolute atomic E-state index is 11.6. The van der Waals surface area contributed by atoms with E-state index in [9.17, 15) is 4.79 Å². The van der Waals surface area contributed by atoms with Gasteiger partial charge in [-0.25, -0.2) is 0 Å². The minimum absolute atomic E-state index is 0.0940. The summed E-state index contributed by atoms with van der Waals surface area (Å²) in [4.78, 5) is 12.6. The minimum atomic E-state index is 0.0940. The van der Waals surface area contributed by atoms with Crippen LogP contribution in [0.15, 0.2) is 29.2 Å². The Labute approximate surface area is 113 Å². The van der Waals surface area contributed by atoms with E-state index >= 15 is 0 Å². The van der Waals surface area contributed by atoms with Crippen LogP contribution in [0.25, 0.3) is 0 Å².